The van der Waals surface area contributed by atoms with E-state index >= 15 is 0 Å². The first kappa shape index (κ1) is 22.8. The van der Waals surface area contributed by atoms with Crippen LogP contribution >= 0.6 is 0 Å². The Kier molecular flexibility index (Phi) is 6.07. The Hall–Kier alpha value is -4.00. The van der Waals surface area contributed by atoms with Crippen molar-refractivity contribution in [1.82, 2.24) is 10.2 Å². The molecule has 0 spiro atoms. The number of carbonyl (C=O) groups excluding carboxylic acids is 2. The maximum Gasteiger partial charge on any atom is 0.254 e. The molecule has 2 amide bonds. The number of nitrogens with one attached hydrogen (secondary N) is 1. The van der Waals surface area contributed by atoms with Crippen LogP contribution in [0.2, 0.25) is 0 Å². The summed E-state index contributed by atoms with van der Waals surface area (Å²) in [6.45, 7) is 0.906. The molecule has 0 aliphatic carbocycles. The van der Waals surface area contributed by atoms with Gasteiger partial charge >= 0.3 is 0 Å². The Morgan fingerprint density at radius 2 is 1.66 bits per heavy atom. The molecule has 0 fully saturated rings. The molecule has 5 rings (SSSR count). The van der Waals surface area contributed by atoms with Crippen LogP contribution < -0.4 is 19.5 Å². The molecule has 7 nitrogen and oxygen atoms in total. The number of nitrogens with zero attached hydrogens (tertiary/aromatic N) is 1. The fourth-order valence-corrected chi connectivity index (χ4v) is 5.18. The summed E-state index contributed by atoms with van der Waals surface area (Å²) in [6, 6.07) is 18.4. The third-order valence-electron chi connectivity index (χ3n) is 6.93. The number of carbonyl (C=O) groups is 2. The summed E-state index contributed by atoms with van der Waals surface area (Å²) >= 11 is 0. The zero-order valence-electron chi connectivity index (χ0n) is 20.0. The first-order chi connectivity index (χ1) is 17.0. The Bertz CT molecular complexity index is 1270. The summed E-state index contributed by atoms with van der Waals surface area (Å²) in [5, 5.41) is 3.10. The number of benzene rings is 3. The fraction of sp³-hybridized carbons (Fsp3) is 0.286. The molecule has 3 aromatic rings. The summed E-state index contributed by atoms with van der Waals surface area (Å²) in [7, 11) is 4.82. The van der Waals surface area contributed by atoms with Crippen LogP contribution in [0.1, 0.15) is 44.6 Å². The van der Waals surface area contributed by atoms with E-state index in [1.807, 2.05) is 65.6 Å². The van der Waals surface area contributed by atoms with Crippen LogP contribution in [0.25, 0.3) is 0 Å². The molecular weight excluding hydrogens is 444 g/mol. The van der Waals surface area contributed by atoms with Crippen molar-refractivity contribution in [2.24, 2.45) is 0 Å². The molecule has 0 saturated heterocycles. The average Bonchev–Trinajstić information content (AvgIpc) is 2.91. The molecule has 2 aliphatic heterocycles. The van der Waals surface area contributed by atoms with Gasteiger partial charge < -0.3 is 24.4 Å². The molecule has 2 heterocycles. The Morgan fingerprint density at radius 3 is 2.37 bits per heavy atom. The zero-order valence-corrected chi connectivity index (χ0v) is 20.0. The van der Waals surface area contributed by atoms with E-state index < -0.39 is 12.0 Å². The molecule has 3 aromatic carbocycles. The van der Waals surface area contributed by atoms with Crippen LogP contribution in [0, 0.1) is 0 Å². The highest BCUT2D eigenvalue weighted by molar-refractivity contribution is 6.01. The number of hydrogen-bond acceptors (Lipinski definition) is 5. The third kappa shape index (κ3) is 3.97. The predicted octanol–water partition coefficient (Wildman–Crippen LogP) is 3.87. The zero-order chi connectivity index (χ0) is 24.5. The summed E-state index contributed by atoms with van der Waals surface area (Å²) < 4.78 is 16.3. The molecule has 35 heavy (non-hydrogen) atoms. The maximum atomic E-state index is 13.8. The van der Waals surface area contributed by atoms with Gasteiger partial charge in [0.25, 0.3) is 5.91 Å². The van der Waals surface area contributed by atoms with Crippen LogP contribution in [-0.4, -0.2) is 44.6 Å². The Labute approximate surface area is 204 Å². The van der Waals surface area contributed by atoms with E-state index in [0.717, 1.165) is 28.0 Å². The fourth-order valence-electron chi connectivity index (χ4n) is 5.18. The van der Waals surface area contributed by atoms with Gasteiger partial charge in [0.05, 0.1) is 33.3 Å². The van der Waals surface area contributed by atoms with Gasteiger partial charge in [-0.05, 0) is 59.0 Å². The first-order valence-corrected chi connectivity index (χ1v) is 11.6. The lowest BCUT2D eigenvalue weighted by Gasteiger charge is -2.45. The lowest BCUT2D eigenvalue weighted by Crippen LogP contribution is -2.50. The summed E-state index contributed by atoms with van der Waals surface area (Å²) in [5.74, 6) is 1.25. The summed E-state index contributed by atoms with van der Waals surface area (Å²) in [4.78, 5) is 29.1. The predicted molar refractivity (Wildman–Crippen MR) is 131 cm³/mol. The molecule has 0 saturated carbocycles. The van der Waals surface area contributed by atoms with Crippen molar-refractivity contribution in [2.45, 2.75) is 24.9 Å². The van der Waals surface area contributed by atoms with E-state index in [0.29, 0.717) is 36.6 Å². The quantitative estimate of drug-likeness (QED) is 0.590. The molecule has 1 N–H and O–H groups in total. The number of hydrogen-bond donors (Lipinski definition) is 1. The van der Waals surface area contributed by atoms with Crippen molar-refractivity contribution >= 4 is 11.8 Å². The van der Waals surface area contributed by atoms with Gasteiger partial charge in [-0.15, -0.1) is 0 Å². The lowest BCUT2D eigenvalue weighted by molar-refractivity contribution is -0.124. The Morgan fingerprint density at radius 1 is 0.943 bits per heavy atom. The van der Waals surface area contributed by atoms with Gasteiger partial charge in [0.2, 0.25) is 5.91 Å². The second-order valence-corrected chi connectivity index (χ2v) is 8.73. The molecule has 7 heteroatoms. The van der Waals surface area contributed by atoms with Crippen molar-refractivity contribution in [1.29, 1.82) is 0 Å². The highest BCUT2D eigenvalue weighted by Gasteiger charge is 2.46. The largest absolute Gasteiger partial charge is 0.497 e. The number of methoxy groups -OCH3 is 3. The highest BCUT2D eigenvalue weighted by Crippen LogP contribution is 2.48. The van der Waals surface area contributed by atoms with Crippen LogP contribution in [0.5, 0.6) is 17.2 Å². The topological polar surface area (TPSA) is 77.1 Å². The monoisotopic (exact) mass is 472 g/mol. The molecule has 2 atom stereocenters. The lowest BCUT2D eigenvalue weighted by atomic mass is 9.75. The summed E-state index contributed by atoms with van der Waals surface area (Å²) in [6.07, 6.45) is 0.681. The van der Waals surface area contributed by atoms with E-state index in [-0.39, 0.29) is 11.8 Å². The second kappa shape index (κ2) is 9.33. The first-order valence-electron chi connectivity index (χ1n) is 11.6. The van der Waals surface area contributed by atoms with E-state index in [1.165, 1.54) is 0 Å². The second-order valence-electron chi connectivity index (χ2n) is 8.73. The van der Waals surface area contributed by atoms with Crippen molar-refractivity contribution in [3.63, 3.8) is 0 Å². The van der Waals surface area contributed by atoms with Crippen molar-refractivity contribution in [3.8, 4) is 17.2 Å². The number of amides is 2. The standard InChI is InChI=1S/C28H28N2O5/c1-33-19-10-8-17(9-11-19)16-29-27(31)25-20-6-4-5-7-21(20)28(32)30-13-12-18-14-23(34-2)24(35-3)15-22(18)26(25)30/h4-11,14-15,25-26H,12-13,16H2,1-3H3,(H,29,31)/t25-,26-/m1/s1. The minimum atomic E-state index is -0.556. The van der Waals surface area contributed by atoms with E-state index in [9.17, 15) is 9.59 Å². The molecule has 0 unspecified atom stereocenters. The van der Waals surface area contributed by atoms with Crippen LogP contribution in [0.15, 0.2) is 60.7 Å². The van der Waals surface area contributed by atoms with E-state index in [1.54, 1.807) is 21.3 Å². The normalized spacial score (nSPS) is 18.1. The van der Waals surface area contributed by atoms with Crippen LogP contribution in [-0.2, 0) is 17.8 Å². The van der Waals surface area contributed by atoms with Gasteiger partial charge in [0.15, 0.2) is 11.5 Å². The molecule has 180 valence electrons. The minimum absolute atomic E-state index is 0.0507. The summed E-state index contributed by atoms with van der Waals surface area (Å²) in [5.41, 5.74) is 4.27. The van der Waals surface area contributed by atoms with Gasteiger partial charge in [0.1, 0.15) is 5.75 Å². The van der Waals surface area contributed by atoms with Crippen molar-refractivity contribution in [3.05, 3.63) is 88.5 Å². The van der Waals surface area contributed by atoms with Gasteiger partial charge in [-0.3, -0.25) is 9.59 Å². The van der Waals surface area contributed by atoms with Crippen molar-refractivity contribution < 1.29 is 23.8 Å². The van der Waals surface area contributed by atoms with Gasteiger partial charge in [0, 0.05) is 18.7 Å². The van der Waals surface area contributed by atoms with E-state index in [2.05, 4.69) is 5.32 Å². The number of ether oxygens (including phenoxy) is 3. The van der Waals surface area contributed by atoms with Gasteiger partial charge in [-0.25, -0.2) is 0 Å². The smallest absolute Gasteiger partial charge is 0.254 e. The number of rotatable bonds is 6. The minimum Gasteiger partial charge on any atom is -0.497 e. The van der Waals surface area contributed by atoms with E-state index in [4.69, 9.17) is 14.2 Å². The number of fused-ring (bicyclic) bond motifs is 4. The molecule has 2 aliphatic rings. The SMILES string of the molecule is COc1ccc(CNC(=O)[C@@H]2c3ccccc3C(=O)N3CCc4cc(OC)c(OC)cc4[C@H]23)cc1. The molecular formula is C28H28N2O5. The van der Waals surface area contributed by atoms with Gasteiger partial charge in [-0.1, -0.05) is 30.3 Å². The highest BCUT2D eigenvalue weighted by atomic mass is 16.5. The third-order valence-corrected chi connectivity index (χ3v) is 6.93. The van der Waals surface area contributed by atoms with Crippen LogP contribution in [0.3, 0.4) is 0 Å². The molecule has 0 bridgehead atoms. The maximum absolute atomic E-state index is 13.8. The molecule has 0 radical (unpaired) electrons. The average molecular weight is 473 g/mol. The van der Waals surface area contributed by atoms with Crippen molar-refractivity contribution in [2.75, 3.05) is 27.9 Å². The van der Waals surface area contributed by atoms with Gasteiger partial charge in [-0.2, -0.15) is 0 Å². The van der Waals surface area contributed by atoms with Crippen LogP contribution in [0.4, 0.5) is 0 Å². The molecule has 0 aromatic heterocycles. The Balaban J connectivity index is 1.55.